The average Bonchev–Trinajstić information content (AvgIpc) is 2.52. The van der Waals surface area contributed by atoms with Gasteiger partial charge in [-0.05, 0) is 29.5 Å². The lowest BCUT2D eigenvalue weighted by molar-refractivity contribution is 0.192. The summed E-state index contributed by atoms with van der Waals surface area (Å²) < 4.78 is 0. The highest BCUT2D eigenvalue weighted by molar-refractivity contribution is 7.80. The van der Waals surface area contributed by atoms with Crippen molar-refractivity contribution in [2.45, 2.75) is 59.3 Å². The minimum absolute atomic E-state index is 0.128. The highest BCUT2D eigenvalue weighted by Gasteiger charge is 2.28. The molecule has 1 N–H and O–H groups in total. The summed E-state index contributed by atoms with van der Waals surface area (Å²) >= 11 is 5.85. The van der Waals surface area contributed by atoms with E-state index >= 15 is 0 Å². The van der Waals surface area contributed by atoms with Gasteiger partial charge in [-0.2, -0.15) is 0 Å². The van der Waals surface area contributed by atoms with Crippen LogP contribution in [0.25, 0.3) is 0 Å². The van der Waals surface area contributed by atoms with Crippen molar-refractivity contribution < 1.29 is 5.11 Å². The molecule has 0 aliphatic carbocycles. The van der Waals surface area contributed by atoms with Crippen LogP contribution in [0.1, 0.15) is 65.2 Å². The van der Waals surface area contributed by atoms with E-state index in [0.29, 0.717) is 5.75 Å². The number of rotatable bonds is 2. The average molecular weight is 363 g/mol. The zero-order chi connectivity index (χ0) is 19.0. The summed E-state index contributed by atoms with van der Waals surface area (Å²) in [6.45, 7) is 20.2. The molecule has 0 bridgehead atoms. The lowest BCUT2D eigenvalue weighted by atomic mass is 9.78. The summed E-state index contributed by atoms with van der Waals surface area (Å²) in [5, 5.41) is 10.9. The van der Waals surface area contributed by atoms with Crippen molar-refractivity contribution in [3.8, 4) is 5.75 Å². The molecule has 0 saturated carbocycles. The first-order valence-corrected chi connectivity index (χ1v) is 9.75. The van der Waals surface area contributed by atoms with E-state index in [4.69, 9.17) is 12.2 Å². The quantitative estimate of drug-likeness (QED) is 0.794. The molecule has 0 spiro atoms. The Morgan fingerprint density at radius 1 is 0.960 bits per heavy atom. The molecule has 1 saturated heterocycles. The number of piperazine rings is 1. The molecule has 0 radical (unpaired) electrons. The molecule has 1 aliphatic rings. The van der Waals surface area contributed by atoms with Gasteiger partial charge in [0.2, 0.25) is 0 Å². The molecule has 0 amide bonds. The van der Waals surface area contributed by atoms with Crippen LogP contribution in [0.5, 0.6) is 5.75 Å². The Labute approximate surface area is 159 Å². The Balaban J connectivity index is 2.42. The van der Waals surface area contributed by atoms with Crippen LogP contribution >= 0.6 is 12.2 Å². The summed E-state index contributed by atoms with van der Waals surface area (Å²) in [5.74, 6) is 0.419. The van der Waals surface area contributed by atoms with Gasteiger partial charge in [0, 0.05) is 42.9 Å². The van der Waals surface area contributed by atoms with E-state index < -0.39 is 0 Å². The second-order valence-corrected chi connectivity index (χ2v) is 9.53. The van der Waals surface area contributed by atoms with Gasteiger partial charge in [-0.25, -0.2) is 0 Å². The van der Waals surface area contributed by atoms with Crippen molar-refractivity contribution in [3.05, 3.63) is 28.8 Å². The maximum Gasteiger partial charge on any atom is 0.123 e. The Bertz CT molecular complexity index is 597. The number of hydrogen-bond acceptors (Lipinski definition) is 3. The van der Waals surface area contributed by atoms with Crippen LogP contribution in [0, 0.1) is 0 Å². The van der Waals surface area contributed by atoms with Crippen LogP contribution in [0.4, 0.5) is 0 Å². The number of phenols is 1. The van der Waals surface area contributed by atoms with Crippen molar-refractivity contribution in [3.63, 3.8) is 0 Å². The van der Waals surface area contributed by atoms with Gasteiger partial charge in [0.25, 0.3) is 0 Å². The van der Waals surface area contributed by atoms with Gasteiger partial charge in [-0.15, -0.1) is 0 Å². The first-order valence-electron chi connectivity index (χ1n) is 9.34. The predicted molar refractivity (Wildman–Crippen MR) is 111 cm³/mol. The lowest BCUT2D eigenvalue weighted by Gasteiger charge is -2.36. The largest absolute Gasteiger partial charge is 0.507 e. The molecule has 1 aliphatic heterocycles. The monoisotopic (exact) mass is 362 g/mol. The van der Waals surface area contributed by atoms with Crippen molar-refractivity contribution in [1.29, 1.82) is 0 Å². The highest BCUT2D eigenvalue weighted by atomic mass is 32.1. The number of hydrogen-bond donors (Lipinski definition) is 1. The van der Waals surface area contributed by atoms with Gasteiger partial charge < -0.3 is 14.9 Å². The SMILES string of the molecule is CCN1CCN(C(=S)c2cc(C(C)(C)C)c(O)c(C(C)(C)C)c2)CC1. The fourth-order valence-electron chi connectivity index (χ4n) is 3.35. The number of phenolic OH excluding ortho intramolecular Hbond substituents is 1. The molecule has 0 aromatic heterocycles. The number of aromatic hydroxyl groups is 1. The topological polar surface area (TPSA) is 26.7 Å². The van der Waals surface area contributed by atoms with E-state index in [0.717, 1.165) is 54.4 Å². The van der Waals surface area contributed by atoms with Gasteiger partial charge in [0.15, 0.2) is 0 Å². The summed E-state index contributed by atoms with van der Waals surface area (Å²) in [6, 6.07) is 4.19. The standard InChI is InChI=1S/C21H34N2OS/c1-8-22-9-11-23(12-10-22)19(25)15-13-16(20(2,3)4)18(24)17(14-15)21(5,6)7/h13-14,24H,8-12H2,1-7H3. The molecular weight excluding hydrogens is 328 g/mol. The van der Waals surface area contributed by atoms with Crippen LogP contribution in [0.15, 0.2) is 12.1 Å². The first-order chi connectivity index (χ1) is 11.4. The molecule has 0 atom stereocenters. The predicted octanol–water partition coefficient (Wildman–Crippen LogP) is 4.30. The van der Waals surface area contributed by atoms with Crippen LogP contribution in [0.2, 0.25) is 0 Å². The molecule has 3 nitrogen and oxygen atoms in total. The minimum Gasteiger partial charge on any atom is -0.507 e. The van der Waals surface area contributed by atoms with Gasteiger partial charge in [-0.1, -0.05) is 60.7 Å². The van der Waals surface area contributed by atoms with E-state index in [1.54, 1.807) is 0 Å². The third-order valence-electron chi connectivity index (χ3n) is 5.08. The number of nitrogens with zero attached hydrogens (tertiary/aromatic N) is 2. The normalized spacial score (nSPS) is 17.0. The third kappa shape index (κ3) is 4.53. The van der Waals surface area contributed by atoms with E-state index in [-0.39, 0.29) is 10.8 Å². The maximum atomic E-state index is 10.9. The fraction of sp³-hybridized carbons (Fsp3) is 0.667. The molecule has 1 aromatic carbocycles. The van der Waals surface area contributed by atoms with Crippen LogP contribution in [-0.4, -0.2) is 52.6 Å². The third-order valence-corrected chi connectivity index (χ3v) is 5.57. The molecule has 1 heterocycles. The molecular formula is C21H34N2OS. The highest BCUT2D eigenvalue weighted by Crippen LogP contribution is 2.40. The Morgan fingerprint density at radius 3 is 1.76 bits per heavy atom. The van der Waals surface area contributed by atoms with E-state index in [9.17, 15) is 5.11 Å². The summed E-state index contributed by atoms with van der Waals surface area (Å²) in [5.41, 5.74) is 2.76. The van der Waals surface area contributed by atoms with Gasteiger partial charge >= 0.3 is 0 Å². The van der Waals surface area contributed by atoms with Crippen LogP contribution in [0.3, 0.4) is 0 Å². The lowest BCUT2D eigenvalue weighted by Crippen LogP contribution is -2.48. The number of thiocarbonyl (C=S) groups is 1. The first kappa shape index (κ1) is 20.2. The molecule has 2 rings (SSSR count). The second-order valence-electron chi connectivity index (χ2n) is 9.15. The Hall–Kier alpha value is -1.13. The zero-order valence-corrected chi connectivity index (χ0v) is 17.8. The smallest absolute Gasteiger partial charge is 0.123 e. The van der Waals surface area contributed by atoms with E-state index in [1.165, 1.54) is 0 Å². The summed E-state index contributed by atoms with van der Waals surface area (Å²) in [4.78, 5) is 5.68. The van der Waals surface area contributed by atoms with Crippen molar-refractivity contribution in [1.82, 2.24) is 9.80 Å². The molecule has 0 unspecified atom stereocenters. The van der Waals surface area contributed by atoms with Crippen LogP contribution < -0.4 is 0 Å². The molecule has 140 valence electrons. The molecule has 4 heteroatoms. The molecule has 1 fully saturated rings. The molecule has 1 aromatic rings. The fourth-order valence-corrected chi connectivity index (χ4v) is 3.65. The van der Waals surface area contributed by atoms with Crippen molar-refractivity contribution >= 4 is 17.2 Å². The molecule has 25 heavy (non-hydrogen) atoms. The van der Waals surface area contributed by atoms with Gasteiger partial charge in [-0.3, -0.25) is 0 Å². The van der Waals surface area contributed by atoms with E-state index in [2.05, 4.69) is 70.4 Å². The summed E-state index contributed by atoms with van der Waals surface area (Å²) in [7, 11) is 0. The van der Waals surface area contributed by atoms with Crippen molar-refractivity contribution in [2.75, 3.05) is 32.7 Å². The second kappa shape index (κ2) is 7.24. The van der Waals surface area contributed by atoms with Gasteiger partial charge in [0.1, 0.15) is 10.7 Å². The zero-order valence-electron chi connectivity index (χ0n) is 16.9. The minimum atomic E-state index is -0.128. The van der Waals surface area contributed by atoms with Crippen LogP contribution in [-0.2, 0) is 10.8 Å². The van der Waals surface area contributed by atoms with Gasteiger partial charge in [0.05, 0.1) is 0 Å². The number of benzene rings is 1. The Morgan fingerprint density at radius 2 is 1.40 bits per heavy atom. The summed E-state index contributed by atoms with van der Waals surface area (Å²) in [6.07, 6.45) is 0. The maximum absolute atomic E-state index is 10.9. The number of likely N-dealkylation sites (N-methyl/N-ethyl adjacent to an activating group) is 1. The van der Waals surface area contributed by atoms with Crippen molar-refractivity contribution in [2.24, 2.45) is 0 Å². The van der Waals surface area contributed by atoms with E-state index in [1.807, 2.05) is 0 Å². The Kier molecular flexibility index (Phi) is 5.85.